The third-order valence-electron chi connectivity index (χ3n) is 4.74. The molecule has 0 aromatic heterocycles. The van der Waals surface area contributed by atoms with Gasteiger partial charge in [-0.25, -0.2) is 8.42 Å². The number of halogens is 1. The summed E-state index contributed by atoms with van der Waals surface area (Å²) < 4.78 is 25.8. The Morgan fingerprint density at radius 3 is 2.17 bits per heavy atom. The highest BCUT2D eigenvalue weighted by Crippen LogP contribution is 2.25. The maximum Gasteiger partial charge on any atom is 0.241 e. The fraction of sp³-hybridized carbons (Fsp3) is 0.174. The molecule has 1 atom stereocenters. The Morgan fingerprint density at radius 2 is 1.57 bits per heavy atom. The summed E-state index contributed by atoms with van der Waals surface area (Å²) in [5, 5.41) is 3.49. The number of sulfonamides is 1. The van der Waals surface area contributed by atoms with Crippen molar-refractivity contribution in [3.8, 4) is 0 Å². The van der Waals surface area contributed by atoms with Gasteiger partial charge in [-0.2, -0.15) is 0 Å². The van der Waals surface area contributed by atoms with Gasteiger partial charge in [0.05, 0.1) is 18.0 Å². The summed E-state index contributed by atoms with van der Waals surface area (Å²) in [7, 11) is -3.67. The molecule has 0 fully saturated rings. The predicted molar refractivity (Wildman–Crippen MR) is 121 cm³/mol. The highest BCUT2D eigenvalue weighted by Gasteiger charge is 2.24. The molecule has 0 bridgehead atoms. The van der Waals surface area contributed by atoms with Gasteiger partial charge in [-0.1, -0.05) is 66.2 Å². The van der Waals surface area contributed by atoms with Crippen molar-refractivity contribution >= 4 is 33.2 Å². The zero-order valence-corrected chi connectivity index (χ0v) is 18.3. The fourth-order valence-electron chi connectivity index (χ4n) is 3.24. The van der Waals surface area contributed by atoms with Crippen LogP contribution < -0.4 is 9.62 Å². The van der Waals surface area contributed by atoms with Crippen LogP contribution in [0.25, 0.3) is 0 Å². The highest BCUT2D eigenvalue weighted by atomic mass is 35.5. The summed E-state index contributed by atoms with van der Waals surface area (Å²) in [6, 6.07) is 23.3. The summed E-state index contributed by atoms with van der Waals surface area (Å²) in [6.07, 6.45) is 1.07. The van der Waals surface area contributed by atoms with Crippen LogP contribution in [0.5, 0.6) is 0 Å². The second-order valence-electron chi connectivity index (χ2n) is 7.01. The number of hydrogen-bond acceptors (Lipinski definition) is 3. The van der Waals surface area contributed by atoms with Gasteiger partial charge in [0.1, 0.15) is 6.54 Å². The first-order valence-electron chi connectivity index (χ1n) is 9.39. The lowest BCUT2D eigenvalue weighted by atomic mass is 9.95. The molecule has 0 aliphatic heterocycles. The number of nitrogens with zero attached hydrogens (tertiary/aromatic N) is 1. The lowest BCUT2D eigenvalue weighted by molar-refractivity contribution is -0.120. The number of rotatable bonds is 7. The molecule has 1 N–H and O–H groups in total. The Labute approximate surface area is 182 Å². The van der Waals surface area contributed by atoms with Crippen LogP contribution in [0.3, 0.4) is 0 Å². The molecule has 0 spiro atoms. The number of aryl methyl sites for hydroxylation is 1. The normalized spacial score (nSPS) is 12.2. The summed E-state index contributed by atoms with van der Waals surface area (Å²) in [6.45, 7) is 1.64. The van der Waals surface area contributed by atoms with Crippen LogP contribution in [-0.4, -0.2) is 27.1 Å². The molecule has 0 radical (unpaired) electrons. The molecule has 0 unspecified atom stereocenters. The molecule has 0 saturated carbocycles. The van der Waals surface area contributed by atoms with E-state index in [0.29, 0.717) is 10.7 Å². The van der Waals surface area contributed by atoms with E-state index in [0.717, 1.165) is 27.3 Å². The molecule has 0 saturated heterocycles. The van der Waals surface area contributed by atoms with Crippen molar-refractivity contribution in [1.82, 2.24) is 5.32 Å². The molecule has 3 rings (SSSR count). The van der Waals surface area contributed by atoms with Crippen molar-refractivity contribution in [1.29, 1.82) is 0 Å². The molecule has 7 heteroatoms. The van der Waals surface area contributed by atoms with E-state index in [2.05, 4.69) is 5.32 Å². The van der Waals surface area contributed by atoms with E-state index in [-0.39, 0.29) is 6.54 Å². The Kier molecular flexibility index (Phi) is 6.80. The molecule has 156 valence electrons. The first kappa shape index (κ1) is 21.9. The first-order valence-corrected chi connectivity index (χ1v) is 11.6. The van der Waals surface area contributed by atoms with Gasteiger partial charge in [0.2, 0.25) is 15.9 Å². The van der Waals surface area contributed by atoms with Gasteiger partial charge in [0.15, 0.2) is 0 Å². The van der Waals surface area contributed by atoms with Crippen LogP contribution >= 0.6 is 11.6 Å². The maximum absolute atomic E-state index is 13.0. The van der Waals surface area contributed by atoms with Crippen molar-refractivity contribution in [2.75, 3.05) is 17.1 Å². The van der Waals surface area contributed by atoms with Crippen molar-refractivity contribution in [3.05, 3.63) is 101 Å². The summed E-state index contributed by atoms with van der Waals surface area (Å²) >= 11 is 5.91. The Morgan fingerprint density at radius 1 is 0.967 bits per heavy atom. The molecular weight excluding hydrogens is 420 g/mol. The van der Waals surface area contributed by atoms with Gasteiger partial charge >= 0.3 is 0 Å². The van der Waals surface area contributed by atoms with Crippen LogP contribution in [0.1, 0.15) is 22.7 Å². The van der Waals surface area contributed by atoms with E-state index >= 15 is 0 Å². The van der Waals surface area contributed by atoms with E-state index in [1.54, 1.807) is 24.3 Å². The molecule has 0 heterocycles. The van der Waals surface area contributed by atoms with Crippen molar-refractivity contribution in [2.45, 2.75) is 13.0 Å². The third-order valence-corrected chi connectivity index (χ3v) is 6.13. The smallest absolute Gasteiger partial charge is 0.241 e. The Bertz CT molecular complexity index is 1120. The van der Waals surface area contributed by atoms with Crippen molar-refractivity contribution in [3.63, 3.8) is 0 Å². The number of nitrogens with one attached hydrogen (secondary N) is 1. The van der Waals surface area contributed by atoms with Gasteiger partial charge in [0.25, 0.3) is 0 Å². The minimum absolute atomic E-state index is 0.338. The second kappa shape index (κ2) is 9.32. The SMILES string of the molecule is Cc1ccccc1[C@H](NC(=O)CN(c1ccc(Cl)cc1)S(C)(=O)=O)c1ccccc1. The molecule has 3 aromatic carbocycles. The van der Waals surface area contributed by atoms with E-state index in [1.807, 2.05) is 61.5 Å². The lowest BCUT2D eigenvalue weighted by Crippen LogP contribution is -2.42. The number of carbonyl (C=O) groups excluding carboxylic acids is 1. The second-order valence-corrected chi connectivity index (χ2v) is 9.36. The quantitative estimate of drug-likeness (QED) is 0.592. The van der Waals surface area contributed by atoms with Gasteiger partial charge in [-0.3, -0.25) is 9.10 Å². The zero-order valence-electron chi connectivity index (χ0n) is 16.7. The molecule has 0 aliphatic carbocycles. The molecule has 30 heavy (non-hydrogen) atoms. The summed E-state index contributed by atoms with van der Waals surface area (Å²) in [5.74, 6) is -0.410. The Hall–Kier alpha value is -2.83. The lowest BCUT2D eigenvalue weighted by Gasteiger charge is -2.25. The van der Waals surface area contributed by atoms with Crippen LogP contribution in [-0.2, 0) is 14.8 Å². The van der Waals surface area contributed by atoms with Gasteiger partial charge in [-0.15, -0.1) is 0 Å². The Balaban J connectivity index is 1.90. The van der Waals surface area contributed by atoms with Crippen LogP contribution in [0.15, 0.2) is 78.9 Å². The van der Waals surface area contributed by atoms with Gasteiger partial charge in [-0.05, 0) is 47.9 Å². The van der Waals surface area contributed by atoms with Gasteiger partial charge < -0.3 is 5.32 Å². The highest BCUT2D eigenvalue weighted by molar-refractivity contribution is 7.92. The number of amides is 1. The number of hydrogen-bond donors (Lipinski definition) is 1. The van der Waals surface area contributed by atoms with E-state index in [4.69, 9.17) is 11.6 Å². The minimum atomic E-state index is -3.67. The molecule has 3 aromatic rings. The molecule has 0 aliphatic rings. The average Bonchev–Trinajstić information content (AvgIpc) is 2.71. The monoisotopic (exact) mass is 442 g/mol. The summed E-state index contributed by atoms with van der Waals surface area (Å²) in [5.41, 5.74) is 3.28. The molecule has 1 amide bonds. The predicted octanol–water partition coefficient (Wildman–Crippen LogP) is 4.32. The number of carbonyl (C=O) groups is 1. The van der Waals surface area contributed by atoms with E-state index < -0.39 is 22.0 Å². The average molecular weight is 443 g/mol. The third kappa shape index (κ3) is 5.40. The first-order chi connectivity index (χ1) is 14.3. The largest absolute Gasteiger partial charge is 0.344 e. The van der Waals surface area contributed by atoms with Gasteiger partial charge in [0, 0.05) is 5.02 Å². The number of benzene rings is 3. The van der Waals surface area contributed by atoms with E-state index in [9.17, 15) is 13.2 Å². The fourth-order valence-corrected chi connectivity index (χ4v) is 4.22. The van der Waals surface area contributed by atoms with Crippen molar-refractivity contribution < 1.29 is 13.2 Å². The summed E-state index contributed by atoms with van der Waals surface area (Å²) in [4.78, 5) is 13.0. The maximum atomic E-state index is 13.0. The minimum Gasteiger partial charge on any atom is -0.344 e. The molecular formula is C23H23ClN2O3S. The van der Waals surface area contributed by atoms with Crippen molar-refractivity contribution in [2.24, 2.45) is 0 Å². The van der Waals surface area contributed by atoms with Crippen LogP contribution in [0, 0.1) is 6.92 Å². The van der Waals surface area contributed by atoms with Crippen LogP contribution in [0.4, 0.5) is 5.69 Å². The topological polar surface area (TPSA) is 66.5 Å². The van der Waals surface area contributed by atoms with E-state index in [1.165, 1.54) is 0 Å². The number of anilines is 1. The zero-order chi connectivity index (χ0) is 21.7. The standard InChI is InChI=1S/C23H23ClN2O3S/c1-17-8-6-7-11-21(17)23(18-9-4-3-5-10-18)25-22(27)16-26(30(2,28)29)20-14-12-19(24)13-15-20/h3-15,23H,16H2,1-2H3,(H,25,27)/t23-/m1/s1. The van der Waals surface area contributed by atoms with Crippen LogP contribution in [0.2, 0.25) is 5.02 Å². The molecule has 5 nitrogen and oxygen atoms in total.